The number of rotatable bonds is 3. The van der Waals surface area contributed by atoms with Gasteiger partial charge in [-0.05, 0) is 12.5 Å². The van der Waals surface area contributed by atoms with E-state index in [1.807, 2.05) is 0 Å². The fraction of sp³-hybridized carbons (Fsp3) is 0.364. The highest BCUT2D eigenvalue weighted by molar-refractivity contribution is 6.31. The maximum Gasteiger partial charge on any atom is 0.339 e. The molecule has 0 spiro atoms. The first-order chi connectivity index (χ1) is 7.93. The Bertz CT molecular complexity index is 444. The van der Waals surface area contributed by atoms with Crippen LogP contribution in [-0.4, -0.2) is 30.4 Å². The number of aromatic hydroxyl groups is 1. The fourth-order valence-corrected chi connectivity index (χ4v) is 1.71. The van der Waals surface area contributed by atoms with Crippen LogP contribution in [0.15, 0.2) is 6.07 Å². The van der Waals surface area contributed by atoms with Crippen LogP contribution in [0.1, 0.15) is 17.2 Å². The van der Waals surface area contributed by atoms with E-state index in [4.69, 9.17) is 16.3 Å². The third kappa shape index (κ3) is 2.45. The zero-order valence-electron chi connectivity index (χ0n) is 9.65. The molecule has 0 aromatic heterocycles. The molecule has 1 atom stereocenters. The summed E-state index contributed by atoms with van der Waals surface area (Å²) in [5.74, 6) is -1.10. The van der Waals surface area contributed by atoms with Crippen molar-refractivity contribution in [3.63, 3.8) is 0 Å². The van der Waals surface area contributed by atoms with Crippen LogP contribution in [0, 0.1) is 6.92 Å². The molecule has 0 aliphatic carbocycles. The van der Waals surface area contributed by atoms with Crippen LogP contribution in [0.25, 0.3) is 0 Å². The Kier molecular flexibility index (Phi) is 4.20. The summed E-state index contributed by atoms with van der Waals surface area (Å²) in [7, 11) is 2.47. The molecule has 0 heterocycles. The summed E-state index contributed by atoms with van der Waals surface area (Å²) in [6, 6.07) is 1.28. The number of esters is 1. The minimum atomic E-state index is -1.56. The van der Waals surface area contributed by atoms with Gasteiger partial charge in [-0.25, -0.2) is 4.79 Å². The van der Waals surface area contributed by atoms with E-state index in [1.165, 1.54) is 13.2 Å². The molecule has 5 nitrogen and oxygen atoms in total. The van der Waals surface area contributed by atoms with Gasteiger partial charge in [-0.3, -0.25) is 0 Å². The molecule has 0 aliphatic heterocycles. The first-order valence-electron chi connectivity index (χ1n) is 4.75. The summed E-state index contributed by atoms with van der Waals surface area (Å²) in [6.07, 6.45) is -1.56. The van der Waals surface area contributed by atoms with Crippen LogP contribution >= 0.6 is 11.6 Å². The number of phenolic OH excluding ortho intramolecular Hbond substituents is 1. The molecule has 1 aromatic carbocycles. The Labute approximate surface area is 104 Å². The molecular weight excluding hydrogens is 248 g/mol. The van der Waals surface area contributed by atoms with Crippen molar-refractivity contribution in [1.29, 1.82) is 0 Å². The number of aliphatic hydroxyl groups excluding tert-OH is 1. The first-order valence-corrected chi connectivity index (χ1v) is 5.13. The second-order valence-corrected chi connectivity index (χ2v) is 3.78. The van der Waals surface area contributed by atoms with Gasteiger partial charge in [0, 0.05) is 16.7 Å². The molecule has 0 saturated heterocycles. The molecule has 0 fully saturated rings. The summed E-state index contributed by atoms with van der Waals surface area (Å²) >= 11 is 5.86. The van der Waals surface area contributed by atoms with E-state index in [9.17, 15) is 15.0 Å². The number of carbonyl (C=O) groups is 1. The maximum absolute atomic E-state index is 11.3. The Morgan fingerprint density at radius 1 is 1.47 bits per heavy atom. The number of phenols is 1. The van der Waals surface area contributed by atoms with Crippen molar-refractivity contribution in [2.45, 2.75) is 13.0 Å². The van der Waals surface area contributed by atoms with Crippen LogP contribution in [0.5, 0.6) is 11.5 Å². The number of hydrogen-bond acceptors (Lipinski definition) is 5. The van der Waals surface area contributed by atoms with E-state index in [1.54, 1.807) is 6.92 Å². The van der Waals surface area contributed by atoms with E-state index in [-0.39, 0.29) is 22.1 Å². The van der Waals surface area contributed by atoms with E-state index in [0.29, 0.717) is 5.56 Å². The van der Waals surface area contributed by atoms with Crippen molar-refractivity contribution in [1.82, 2.24) is 0 Å². The molecule has 94 valence electrons. The van der Waals surface area contributed by atoms with Crippen LogP contribution in [0.3, 0.4) is 0 Å². The van der Waals surface area contributed by atoms with Gasteiger partial charge in [0.05, 0.1) is 14.2 Å². The fourth-order valence-electron chi connectivity index (χ4n) is 1.50. The third-order valence-corrected chi connectivity index (χ3v) is 2.80. The average Bonchev–Trinajstić information content (AvgIpc) is 2.31. The van der Waals surface area contributed by atoms with E-state index in [0.717, 1.165) is 7.11 Å². The largest absolute Gasteiger partial charge is 0.504 e. The minimum absolute atomic E-state index is 0.00444. The van der Waals surface area contributed by atoms with Gasteiger partial charge in [-0.15, -0.1) is 0 Å². The van der Waals surface area contributed by atoms with Gasteiger partial charge in [0.1, 0.15) is 0 Å². The molecule has 0 amide bonds. The number of ether oxygens (including phenoxy) is 2. The zero-order valence-corrected chi connectivity index (χ0v) is 10.4. The normalized spacial score (nSPS) is 12.1. The van der Waals surface area contributed by atoms with Crippen LogP contribution < -0.4 is 4.74 Å². The molecular formula is C11H13ClO5. The molecule has 1 unspecified atom stereocenters. The van der Waals surface area contributed by atoms with Crippen molar-refractivity contribution < 1.29 is 24.5 Å². The highest BCUT2D eigenvalue weighted by Gasteiger charge is 2.27. The predicted molar refractivity (Wildman–Crippen MR) is 61.4 cm³/mol. The molecule has 6 heteroatoms. The predicted octanol–water partition coefficient (Wildman–Crippen LogP) is 1.57. The lowest BCUT2D eigenvalue weighted by Gasteiger charge is -2.17. The van der Waals surface area contributed by atoms with E-state index in [2.05, 4.69) is 4.74 Å². The van der Waals surface area contributed by atoms with Crippen LogP contribution in [-0.2, 0) is 9.53 Å². The molecule has 2 N–H and O–H groups in total. The number of benzene rings is 1. The molecule has 0 bridgehead atoms. The van der Waals surface area contributed by atoms with Gasteiger partial charge in [0.25, 0.3) is 0 Å². The lowest BCUT2D eigenvalue weighted by molar-refractivity contribution is -0.150. The van der Waals surface area contributed by atoms with Crippen molar-refractivity contribution in [2.24, 2.45) is 0 Å². The second-order valence-electron chi connectivity index (χ2n) is 3.38. The maximum atomic E-state index is 11.3. The Morgan fingerprint density at radius 2 is 2.06 bits per heavy atom. The highest BCUT2D eigenvalue weighted by Crippen LogP contribution is 2.40. The number of halogens is 1. The summed E-state index contributed by atoms with van der Waals surface area (Å²) in [4.78, 5) is 11.3. The lowest BCUT2D eigenvalue weighted by atomic mass is 10.0. The smallest absolute Gasteiger partial charge is 0.339 e. The van der Waals surface area contributed by atoms with Gasteiger partial charge in [0.2, 0.25) is 0 Å². The summed E-state index contributed by atoms with van der Waals surface area (Å²) in [5, 5.41) is 19.7. The molecule has 1 aromatic rings. The standard InChI is InChI=1S/C11H13ClO5/c1-5-6(12)4-7(13)10(16-2)8(5)9(14)11(15)17-3/h4,9,13-14H,1-3H3. The molecule has 17 heavy (non-hydrogen) atoms. The minimum Gasteiger partial charge on any atom is -0.504 e. The summed E-state index contributed by atoms with van der Waals surface area (Å²) in [6.45, 7) is 1.60. The quantitative estimate of drug-likeness (QED) is 0.807. The van der Waals surface area contributed by atoms with Crippen LogP contribution in [0.4, 0.5) is 0 Å². The average molecular weight is 261 g/mol. The van der Waals surface area contributed by atoms with Crippen LogP contribution in [0.2, 0.25) is 5.02 Å². The molecule has 0 radical (unpaired) electrons. The van der Waals surface area contributed by atoms with Gasteiger partial charge in [-0.1, -0.05) is 11.6 Å². The highest BCUT2D eigenvalue weighted by atomic mass is 35.5. The van der Waals surface area contributed by atoms with Gasteiger partial charge in [-0.2, -0.15) is 0 Å². The number of hydrogen-bond donors (Lipinski definition) is 2. The van der Waals surface area contributed by atoms with Crippen molar-refractivity contribution >= 4 is 17.6 Å². The van der Waals surface area contributed by atoms with E-state index < -0.39 is 12.1 Å². The van der Waals surface area contributed by atoms with Gasteiger partial charge < -0.3 is 19.7 Å². The zero-order chi connectivity index (χ0) is 13.2. The number of methoxy groups -OCH3 is 2. The van der Waals surface area contributed by atoms with Crippen molar-refractivity contribution in [2.75, 3.05) is 14.2 Å². The van der Waals surface area contributed by atoms with E-state index >= 15 is 0 Å². The second kappa shape index (κ2) is 5.25. The number of aliphatic hydroxyl groups is 1. The van der Waals surface area contributed by atoms with Crippen molar-refractivity contribution in [3.05, 3.63) is 22.2 Å². The Balaban J connectivity index is 3.44. The van der Waals surface area contributed by atoms with Gasteiger partial charge >= 0.3 is 5.97 Å². The van der Waals surface area contributed by atoms with Gasteiger partial charge in [0.15, 0.2) is 17.6 Å². The molecule has 0 saturated carbocycles. The third-order valence-electron chi connectivity index (χ3n) is 2.40. The molecule has 0 aliphatic rings. The SMILES string of the molecule is COC(=O)C(O)c1c(C)c(Cl)cc(O)c1OC. The lowest BCUT2D eigenvalue weighted by Crippen LogP contribution is -2.16. The summed E-state index contributed by atoms with van der Waals surface area (Å²) < 4.78 is 9.38. The number of carbonyl (C=O) groups excluding carboxylic acids is 1. The summed E-state index contributed by atoms with van der Waals surface area (Å²) in [5.41, 5.74) is 0.545. The monoisotopic (exact) mass is 260 g/mol. The first kappa shape index (κ1) is 13.6. The Morgan fingerprint density at radius 3 is 2.53 bits per heavy atom. The van der Waals surface area contributed by atoms with Crippen molar-refractivity contribution in [3.8, 4) is 11.5 Å². The topological polar surface area (TPSA) is 76.0 Å². The Hall–Kier alpha value is -1.46. The molecule has 1 rings (SSSR count).